The Morgan fingerprint density at radius 3 is 1.53 bits per heavy atom. The smallest absolute Gasteiger partial charge is 0.138 e. The van der Waals surface area contributed by atoms with Gasteiger partial charge < -0.3 is 0 Å². The van der Waals surface area contributed by atoms with Crippen molar-refractivity contribution in [1.82, 2.24) is 9.55 Å². The van der Waals surface area contributed by atoms with E-state index in [2.05, 4.69) is 174 Å². The number of hydrogen-bond donors (Lipinski definition) is 0. The van der Waals surface area contributed by atoms with Crippen molar-refractivity contribution in [2.24, 2.45) is 0 Å². The Hall–Kier alpha value is -6.25. The molecule has 0 N–H and O–H groups in total. The van der Waals surface area contributed by atoms with Crippen molar-refractivity contribution < 1.29 is 0 Å². The molecule has 1 aliphatic carbocycles. The summed E-state index contributed by atoms with van der Waals surface area (Å²) in [5.41, 5.74) is 9.43. The van der Waals surface area contributed by atoms with Crippen molar-refractivity contribution in [2.45, 2.75) is 12.8 Å². The standard InChI is InChI=1S/C47H32N2/c1-2-12-33(13-3-1)44-29-35(30-47(48-44)49-45-20-10-8-18-41(45)42-19-9-11-21-46(42)49)32-24-22-31(23-25-32)34-26-27-40-38-16-5-4-14-36(38)37-15-6-7-17-39(37)43(40)28-34/h1-2,4-12,14-30H,3,13H2. The van der Waals surface area contributed by atoms with Gasteiger partial charge in [-0.05, 0) is 103 Å². The van der Waals surface area contributed by atoms with Crippen LogP contribution < -0.4 is 0 Å². The average Bonchev–Trinajstić information content (AvgIpc) is 3.52. The van der Waals surface area contributed by atoms with Crippen LogP contribution in [0, 0.1) is 0 Å². The van der Waals surface area contributed by atoms with Crippen LogP contribution in [0.1, 0.15) is 18.5 Å². The number of benzene rings is 7. The van der Waals surface area contributed by atoms with Gasteiger partial charge in [-0.2, -0.15) is 0 Å². The van der Waals surface area contributed by atoms with Crippen LogP contribution >= 0.6 is 0 Å². The second kappa shape index (κ2) is 11.2. The fourth-order valence-electron chi connectivity index (χ4n) is 7.89. The molecular weight excluding hydrogens is 593 g/mol. The molecule has 0 aliphatic heterocycles. The summed E-state index contributed by atoms with van der Waals surface area (Å²) >= 11 is 0. The minimum Gasteiger partial charge on any atom is -0.294 e. The summed E-state index contributed by atoms with van der Waals surface area (Å²) in [4.78, 5) is 5.33. The van der Waals surface area contributed by atoms with Crippen LogP contribution in [0.4, 0.5) is 0 Å². The van der Waals surface area contributed by atoms with Gasteiger partial charge in [-0.25, -0.2) is 4.98 Å². The molecular formula is C47H32N2. The predicted octanol–water partition coefficient (Wildman–Crippen LogP) is 12.7. The molecule has 0 amide bonds. The molecule has 2 aromatic heterocycles. The molecule has 0 radical (unpaired) electrons. The summed E-state index contributed by atoms with van der Waals surface area (Å²) in [5.74, 6) is 0.943. The lowest BCUT2D eigenvalue weighted by Crippen LogP contribution is -2.02. The van der Waals surface area contributed by atoms with Crippen LogP contribution in [-0.4, -0.2) is 9.55 Å². The van der Waals surface area contributed by atoms with Crippen molar-refractivity contribution in [2.75, 3.05) is 0 Å². The van der Waals surface area contributed by atoms with E-state index >= 15 is 0 Å². The molecule has 230 valence electrons. The highest BCUT2D eigenvalue weighted by Gasteiger charge is 2.17. The third-order valence-corrected chi connectivity index (χ3v) is 10.3. The van der Waals surface area contributed by atoms with Crippen LogP contribution in [0.25, 0.3) is 87.8 Å². The van der Waals surface area contributed by atoms with Crippen molar-refractivity contribution in [3.8, 4) is 28.1 Å². The summed E-state index contributed by atoms with van der Waals surface area (Å²) in [5, 5.41) is 10.3. The number of rotatable bonds is 4. The zero-order chi connectivity index (χ0) is 32.3. The van der Waals surface area contributed by atoms with Gasteiger partial charge in [0, 0.05) is 10.8 Å². The maximum absolute atomic E-state index is 5.33. The van der Waals surface area contributed by atoms with Gasteiger partial charge in [0.1, 0.15) is 5.82 Å². The first-order chi connectivity index (χ1) is 24.3. The first-order valence-corrected chi connectivity index (χ1v) is 17.1. The number of pyridine rings is 1. The van der Waals surface area contributed by atoms with Crippen LogP contribution in [0.15, 0.2) is 170 Å². The summed E-state index contributed by atoms with van der Waals surface area (Å²) in [6.07, 6.45) is 8.65. The van der Waals surface area contributed by atoms with Crippen molar-refractivity contribution in [1.29, 1.82) is 0 Å². The lowest BCUT2D eigenvalue weighted by molar-refractivity contribution is 1.02. The van der Waals surface area contributed by atoms with E-state index in [0.29, 0.717) is 0 Å². The van der Waals surface area contributed by atoms with E-state index in [-0.39, 0.29) is 0 Å². The minimum atomic E-state index is 0.943. The molecule has 49 heavy (non-hydrogen) atoms. The molecule has 9 aromatic rings. The van der Waals surface area contributed by atoms with Crippen LogP contribution in [0.3, 0.4) is 0 Å². The lowest BCUT2D eigenvalue weighted by atomic mass is 9.91. The first-order valence-electron chi connectivity index (χ1n) is 17.1. The molecule has 7 aromatic carbocycles. The molecule has 0 spiro atoms. The Kier molecular flexibility index (Phi) is 6.35. The second-order valence-corrected chi connectivity index (χ2v) is 13.1. The summed E-state index contributed by atoms with van der Waals surface area (Å²) in [7, 11) is 0. The van der Waals surface area contributed by atoms with Gasteiger partial charge in [0.15, 0.2) is 0 Å². The number of nitrogens with zero attached hydrogens (tertiary/aromatic N) is 2. The van der Waals surface area contributed by atoms with E-state index in [0.717, 1.165) is 24.4 Å². The predicted molar refractivity (Wildman–Crippen MR) is 208 cm³/mol. The fraction of sp³-hybridized carbons (Fsp3) is 0.0426. The Morgan fingerprint density at radius 2 is 0.939 bits per heavy atom. The van der Waals surface area contributed by atoms with Crippen LogP contribution in [0.5, 0.6) is 0 Å². The number of hydrogen-bond acceptors (Lipinski definition) is 1. The molecule has 0 saturated heterocycles. The maximum Gasteiger partial charge on any atom is 0.138 e. The van der Waals surface area contributed by atoms with Crippen molar-refractivity contribution >= 4 is 59.7 Å². The molecule has 2 nitrogen and oxygen atoms in total. The van der Waals surface area contributed by atoms with Crippen molar-refractivity contribution in [3.63, 3.8) is 0 Å². The minimum absolute atomic E-state index is 0.943. The third-order valence-electron chi connectivity index (χ3n) is 10.3. The van der Waals surface area contributed by atoms with Gasteiger partial charge in [-0.3, -0.25) is 4.57 Å². The Morgan fingerprint density at radius 1 is 0.429 bits per heavy atom. The summed E-state index contributed by atoms with van der Waals surface area (Å²) in [6.45, 7) is 0. The largest absolute Gasteiger partial charge is 0.294 e. The number of para-hydroxylation sites is 2. The van der Waals surface area contributed by atoms with Crippen molar-refractivity contribution in [3.05, 3.63) is 176 Å². The molecule has 0 fully saturated rings. The Labute approximate surface area is 284 Å². The van der Waals surface area contributed by atoms with Gasteiger partial charge in [-0.15, -0.1) is 0 Å². The highest BCUT2D eigenvalue weighted by atomic mass is 15.1. The summed E-state index contributed by atoms with van der Waals surface area (Å²) < 4.78 is 2.33. The topological polar surface area (TPSA) is 17.8 Å². The van der Waals surface area contributed by atoms with E-state index in [1.165, 1.54) is 82.0 Å². The zero-order valence-electron chi connectivity index (χ0n) is 27.0. The second-order valence-electron chi connectivity index (χ2n) is 13.1. The zero-order valence-corrected chi connectivity index (χ0v) is 27.0. The fourth-order valence-corrected chi connectivity index (χ4v) is 7.89. The first kappa shape index (κ1) is 27.8. The number of aromatic nitrogens is 2. The van der Waals surface area contributed by atoms with E-state index in [1.54, 1.807) is 0 Å². The SMILES string of the molecule is C1=CCCC(c2cc(-c3ccc(-c4ccc5c6ccccc6c6ccccc6c5c4)cc3)cc(-n3c4ccccc4c4ccccc43)n2)=C1. The highest BCUT2D eigenvalue weighted by molar-refractivity contribution is 6.25. The third kappa shape index (κ3) is 4.52. The van der Waals surface area contributed by atoms with E-state index in [1.807, 2.05) is 0 Å². The molecule has 10 rings (SSSR count). The number of fused-ring (bicyclic) bond motifs is 9. The molecule has 0 atom stereocenters. The van der Waals surface area contributed by atoms with Gasteiger partial charge in [-0.1, -0.05) is 140 Å². The van der Waals surface area contributed by atoms with Gasteiger partial charge in [0.25, 0.3) is 0 Å². The number of allylic oxidation sites excluding steroid dienone is 4. The molecule has 2 heteroatoms. The monoisotopic (exact) mass is 624 g/mol. The molecule has 1 aliphatic rings. The van der Waals surface area contributed by atoms with Gasteiger partial charge in [0.05, 0.1) is 16.7 Å². The van der Waals surface area contributed by atoms with Crippen LogP contribution in [-0.2, 0) is 0 Å². The molecule has 0 unspecified atom stereocenters. The molecule has 0 saturated carbocycles. The van der Waals surface area contributed by atoms with E-state index < -0.39 is 0 Å². The highest BCUT2D eigenvalue weighted by Crippen LogP contribution is 2.38. The van der Waals surface area contributed by atoms with Crippen LogP contribution in [0.2, 0.25) is 0 Å². The molecule has 0 bridgehead atoms. The average molecular weight is 625 g/mol. The molecule has 2 heterocycles. The Balaban J connectivity index is 1.12. The van der Waals surface area contributed by atoms with Gasteiger partial charge >= 0.3 is 0 Å². The lowest BCUT2D eigenvalue weighted by Gasteiger charge is -2.15. The summed E-state index contributed by atoms with van der Waals surface area (Å²) in [6, 6.07) is 55.4. The quantitative estimate of drug-likeness (QED) is 0.178. The maximum atomic E-state index is 5.33. The Bertz CT molecular complexity index is 2720. The normalized spacial score (nSPS) is 13.2. The van der Waals surface area contributed by atoms with E-state index in [4.69, 9.17) is 4.98 Å². The van der Waals surface area contributed by atoms with Gasteiger partial charge in [0.2, 0.25) is 0 Å². The van der Waals surface area contributed by atoms with E-state index in [9.17, 15) is 0 Å².